The van der Waals surface area contributed by atoms with E-state index in [2.05, 4.69) is 29.0 Å². The molecule has 1 saturated heterocycles. The molecular weight excluding hydrogens is 238 g/mol. The Morgan fingerprint density at radius 1 is 1.37 bits per heavy atom. The molecule has 19 heavy (non-hydrogen) atoms. The Morgan fingerprint density at radius 3 is 2.63 bits per heavy atom. The molecule has 2 saturated carbocycles. The molecule has 3 fully saturated rings. The van der Waals surface area contributed by atoms with Crippen LogP contribution in [-0.4, -0.2) is 53.1 Å². The third-order valence-corrected chi connectivity index (χ3v) is 5.18. The highest BCUT2D eigenvalue weighted by Crippen LogP contribution is 2.36. The molecule has 0 aromatic heterocycles. The maximum atomic E-state index is 12.7. The zero-order chi connectivity index (χ0) is 13.5. The van der Waals surface area contributed by atoms with Crippen LogP contribution >= 0.6 is 0 Å². The number of nitrogens with zero attached hydrogens (tertiary/aromatic N) is 2. The van der Waals surface area contributed by atoms with Gasteiger partial charge in [0.2, 0.25) is 5.91 Å². The van der Waals surface area contributed by atoms with Crippen molar-refractivity contribution in [3.05, 3.63) is 0 Å². The van der Waals surface area contributed by atoms with Gasteiger partial charge in [-0.2, -0.15) is 0 Å². The third kappa shape index (κ3) is 2.40. The van der Waals surface area contributed by atoms with E-state index in [-0.39, 0.29) is 11.7 Å². The van der Waals surface area contributed by atoms with E-state index in [1.807, 2.05) is 0 Å². The Kier molecular flexibility index (Phi) is 3.56. The SMILES string of the molecule is CCN(CCN1C(=O)C2(CCCC2)NC1C)C1CC1. The Labute approximate surface area is 116 Å². The lowest BCUT2D eigenvalue weighted by Gasteiger charge is -2.26. The lowest BCUT2D eigenvalue weighted by Crippen LogP contribution is -2.45. The Bertz CT molecular complexity index is 347. The molecule has 3 aliphatic rings. The number of nitrogens with one attached hydrogen (secondary N) is 1. The lowest BCUT2D eigenvalue weighted by molar-refractivity contribution is -0.133. The fourth-order valence-corrected chi connectivity index (χ4v) is 3.90. The highest BCUT2D eigenvalue weighted by atomic mass is 16.2. The van der Waals surface area contributed by atoms with Gasteiger partial charge in [0.05, 0.1) is 11.7 Å². The van der Waals surface area contributed by atoms with Gasteiger partial charge in [-0.3, -0.25) is 15.0 Å². The first-order valence-corrected chi connectivity index (χ1v) is 7.99. The molecule has 0 aromatic rings. The van der Waals surface area contributed by atoms with E-state index in [1.54, 1.807) is 0 Å². The second-order valence-corrected chi connectivity index (χ2v) is 6.47. The number of carbonyl (C=O) groups excluding carboxylic acids is 1. The molecule has 4 heteroatoms. The number of hydrogen-bond donors (Lipinski definition) is 1. The van der Waals surface area contributed by atoms with E-state index >= 15 is 0 Å². The van der Waals surface area contributed by atoms with Crippen molar-refractivity contribution in [1.82, 2.24) is 15.1 Å². The molecule has 1 atom stereocenters. The summed E-state index contributed by atoms with van der Waals surface area (Å²) in [4.78, 5) is 17.3. The smallest absolute Gasteiger partial charge is 0.244 e. The van der Waals surface area contributed by atoms with Crippen molar-refractivity contribution < 1.29 is 4.79 Å². The summed E-state index contributed by atoms with van der Waals surface area (Å²) in [6.45, 7) is 7.40. The van der Waals surface area contributed by atoms with Crippen molar-refractivity contribution >= 4 is 5.91 Å². The molecule has 0 aromatic carbocycles. The molecule has 1 spiro atoms. The van der Waals surface area contributed by atoms with Crippen molar-refractivity contribution in [2.75, 3.05) is 19.6 Å². The van der Waals surface area contributed by atoms with Gasteiger partial charge in [0.25, 0.3) is 0 Å². The van der Waals surface area contributed by atoms with Crippen molar-refractivity contribution in [3.8, 4) is 0 Å². The van der Waals surface area contributed by atoms with Crippen LogP contribution < -0.4 is 5.32 Å². The van der Waals surface area contributed by atoms with Gasteiger partial charge in [0.1, 0.15) is 0 Å². The Morgan fingerprint density at radius 2 is 2.05 bits per heavy atom. The topological polar surface area (TPSA) is 35.6 Å². The number of likely N-dealkylation sites (N-methyl/N-ethyl adjacent to an activating group) is 1. The van der Waals surface area contributed by atoms with Gasteiger partial charge in [-0.1, -0.05) is 19.8 Å². The Hall–Kier alpha value is -0.610. The van der Waals surface area contributed by atoms with Crippen LogP contribution in [0.4, 0.5) is 0 Å². The predicted molar refractivity (Wildman–Crippen MR) is 75.8 cm³/mol. The second kappa shape index (κ2) is 5.06. The number of carbonyl (C=O) groups is 1. The van der Waals surface area contributed by atoms with E-state index < -0.39 is 0 Å². The number of amides is 1. The second-order valence-electron chi connectivity index (χ2n) is 6.47. The standard InChI is InChI=1S/C15H27N3O/c1-3-17(13-6-7-13)10-11-18-12(2)16-15(14(18)19)8-4-5-9-15/h12-13,16H,3-11H2,1-2H3. The zero-order valence-electron chi connectivity index (χ0n) is 12.3. The zero-order valence-corrected chi connectivity index (χ0v) is 12.3. The van der Waals surface area contributed by atoms with E-state index in [0.29, 0.717) is 5.91 Å². The minimum Gasteiger partial charge on any atom is -0.325 e. The van der Waals surface area contributed by atoms with Crippen molar-refractivity contribution in [1.29, 1.82) is 0 Å². The number of hydrogen-bond acceptors (Lipinski definition) is 3. The summed E-state index contributed by atoms with van der Waals surface area (Å²) < 4.78 is 0. The highest BCUT2D eigenvalue weighted by Gasteiger charge is 2.50. The minimum atomic E-state index is -0.198. The molecule has 4 nitrogen and oxygen atoms in total. The van der Waals surface area contributed by atoms with Crippen LogP contribution in [-0.2, 0) is 4.79 Å². The van der Waals surface area contributed by atoms with E-state index in [9.17, 15) is 4.79 Å². The summed E-state index contributed by atoms with van der Waals surface area (Å²) in [6.07, 6.45) is 7.37. The van der Waals surface area contributed by atoms with Crippen LogP contribution in [0.3, 0.4) is 0 Å². The van der Waals surface area contributed by atoms with Crippen molar-refractivity contribution in [2.45, 2.75) is 70.1 Å². The fraction of sp³-hybridized carbons (Fsp3) is 0.933. The summed E-state index contributed by atoms with van der Waals surface area (Å²) in [5.41, 5.74) is -0.198. The molecule has 2 aliphatic carbocycles. The van der Waals surface area contributed by atoms with Gasteiger partial charge in [-0.25, -0.2) is 0 Å². The summed E-state index contributed by atoms with van der Waals surface area (Å²) >= 11 is 0. The maximum absolute atomic E-state index is 12.7. The van der Waals surface area contributed by atoms with E-state index in [1.165, 1.54) is 25.7 Å². The van der Waals surface area contributed by atoms with Gasteiger partial charge in [0, 0.05) is 19.1 Å². The third-order valence-electron chi connectivity index (χ3n) is 5.18. The molecule has 1 unspecified atom stereocenters. The molecule has 1 amide bonds. The van der Waals surface area contributed by atoms with Crippen LogP contribution in [0.2, 0.25) is 0 Å². The van der Waals surface area contributed by atoms with Gasteiger partial charge in [0.15, 0.2) is 0 Å². The Balaban J connectivity index is 1.59. The molecule has 0 bridgehead atoms. The molecule has 0 radical (unpaired) electrons. The quantitative estimate of drug-likeness (QED) is 0.819. The van der Waals surface area contributed by atoms with E-state index in [0.717, 1.165) is 38.5 Å². The van der Waals surface area contributed by atoms with Crippen LogP contribution in [0.5, 0.6) is 0 Å². The molecule has 1 N–H and O–H groups in total. The molecule has 3 rings (SSSR count). The summed E-state index contributed by atoms with van der Waals surface area (Å²) in [6, 6.07) is 0.798. The van der Waals surface area contributed by atoms with Crippen LogP contribution in [0, 0.1) is 0 Å². The van der Waals surface area contributed by atoms with Crippen molar-refractivity contribution in [2.24, 2.45) is 0 Å². The molecule has 1 heterocycles. The summed E-state index contributed by atoms with van der Waals surface area (Å²) in [5, 5.41) is 3.57. The van der Waals surface area contributed by atoms with Gasteiger partial charge >= 0.3 is 0 Å². The largest absolute Gasteiger partial charge is 0.325 e. The van der Waals surface area contributed by atoms with Gasteiger partial charge in [-0.15, -0.1) is 0 Å². The first kappa shape index (κ1) is 13.4. The summed E-state index contributed by atoms with van der Waals surface area (Å²) in [5.74, 6) is 0.365. The monoisotopic (exact) mass is 265 g/mol. The van der Waals surface area contributed by atoms with Crippen LogP contribution in [0.15, 0.2) is 0 Å². The molecule has 1 aliphatic heterocycles. The van der Waals surface area contributed by atoms with Crippen LogP contribution in [0.1, 0.15) is 52.4 Å². The minimum absolute atomic E-state index is 0.198. The maximum Gasteiger partial charge on any atom is 0.244 e. The first-order chi connectivity index (χ1) is 9.16. The summed E-state index contributed by atoms with van der Waals surface area (Å²) in [7, 11) is 0. The normalized spacial score (nSPS) is 29.9. The molecule has 108 valence electrons. The fourth-order valence-electron chi connectivity index (χ4n) is 3.90. The van der Waals surface area contributed by atoms with Crippen LogP contribution in [0.25, 0.3) is 0 Å². The first-order valence-electron chi connectivity index (χ1n) is 7.99. The predicted octanol–water partition coefficient (Wildman–Crippen LogP) is 1.56. The highest BCUT2D eigenvalue weighted by molar-refractivity contribution is 5.89. The van der Waals surface area contributed by atoms with Gasteiger partial charge in [-0.05, 0) is 39.2 Å². The number of rotatable bonds is 5. The average molecular weight is 265 g/mol. The van der Waals surface area contributed by atoms with E-state index in [4.69, 9.17) is 0 Å². The average Bonchev–Trinajstić information content (AvgIpc) is 3.08. The lowest BCUT2D eigenvalue weighted by atomic mass is 9.98. The molecular formula is C15H27N3O. The van der Waals surface area contributed by atoms with Gasteiger partial charge < -0.3 is 4.90 Å². The van der Waals surface area contributed by atoms with Crippen molar-refractivity contribution in [3.63, 3.8) is 0 Å².